The lowest BCUT2D eigenvalue weighted by molar-refractivity contribution is -0.192. The summed E-state index contributed by atoms with van der Waals surface area (Å²) in [5, 5.41) is 7.79. The Bertz CT molecular complexity index is 1630. The lowest BCUT2D eigenvalue weighted by atomic mass is 9.94. The second kappa shape index (κ2) is 18.2. The van der Waals surface area contributed by atoms with Gasteiger partial charge in [-0.25, -0.2) is 14.8 Å². The van der Waals surface area contributed by atoms with Crippen molar-refractivity contribution >= 4 is 41.0 Å². The standard InChI is InChI=1S/C36H51ClN6O4.C2HF3O2/c1-24-8-9-30(18-31(24)37)43(34(45)27-10-15-40(16-11-27)17-12-32(44)47-36(4,5)6)14-7-13-41-19-28-21-42(22-29(28)20-41)35(46)33-25(2)38-23-39-26(33)3;3-2(4,5)1(6)7/h8-9,18,23,27-29H,7,10-17,19-22H2,1-6H3;(H,6,7). The van der Waals surface area contributed by atoms with Crippen LogP contribution < -0.4 is 4.90 Å². The van der Waals surface area contributed by atoms with Gasteiger partial charge in [0.1, 0.15) is 11.9 Å². The van der Waals surface area contributed by atoms with Gasteiger partial charge in [-0.15, -0.1) is 0 Å². The molecule has 0 bridgehead atoms. The quantitative estimate of drug-likeness (QED) is 0.306. The monoisotopic (exact) mass is 780 g/mol. The van der Waals surface area contributed by atoms with Crippen LogP contribution in [0.2, 0.25) is 5.02 Å². The Labute approximate surface area is 320 Å². The predicted molar refractivity (Wildman–Crippen MR) is 197 cm³/mol. The molecule has 1 N–H and O–H groups in total. The van der Waals surface area contributed by atoms with Crippen LogP contribution in [0.5, 0.6) is 0 Å². The maximum absolute atomic E-state index is 14.0. The van der Waals surface area contributed by atoms with Crippen molar-refractivity contribution in [2.45, 2.75) is 79.0 Å². The summed E-state index contributed by atoms with van der Waals surface area (Å²) in [6.07, 6.45) is -0.824. The minimum absolute atomic E-state index is 0.0429. The fraction of sp³-hybridized carbons (Fsp3) is 0.632. The van der Waals surface area contributed by atoms with Crippen molar-refractivity contribution < 1.29 is 42.2 Å². The average molecular weight is 781 g/mol. The summed E-state index contributed by atoms with van der Waals surface area (Å²) in [5.41, 5.74) is 3.46. The van der Waals surface area contributed by atoms with Gasteiger partial charge in [0, 0.05) is 55.9 Å². The van der Waals surface area contributed by atoms with Crippen LogP contribution in [0.4, 0.5) is 18.9 Å². The molecule has 0 spiro atoms. The van der Waals surface area contributed by atoms with Gasteiger partial charge in [0.25, 0.3) is 5.91 Å². The number of carbonyl (C=O) groups is 4. The Morgan fingerprint density at radius 2 is 1.50 bits per heavy atom. The summed E-state index contributed by atoms with van der Waals surface area (Å²) in [4.78, 5) is 65.6. The smallest absolute Gasteiger partial charge is 0.475 e. The molecule has 5 rings (SSSR count). The number of carboxylic acid groups (broad SMARTS) is 1. The van der Waals surface area contributed by atoms with Gasteiger partial charge in [-0.05, 0) is 110 Å². The molecule has 298 valence electrons. The Balaban J connectivity index is 0.000000845. The number of likely N-dealkylation sites (tertiary alicyclic amines) is 3. The van der Waals surface area contributed by atoms with Crippen LogP contribution in [0.25, 0.3) is 0 Å². The van der Waals surface area contributed by atoms with Crippen molar-refractivity contribution in [2.24, 2.45) is 17.8 Å². The molecule has 2 atom stereocenters. The molecule has 3 aliphatic heterocycles. The van der Waals surface area contributed by atoms with Gasteiger partial charge in [-0.2, -0.15) is 13.2 Å². The zero-order valence-corrected chi connectivity index (χ0v) is 32.7. The van der Waals surface area contributed by atoms with Gasteiger partial charge >= 0.3 is 18.1 Å². The first-order valence-corrected chi connectivity index (χ1v) is 18.7. The molecule has 3 aliphatic rings. The fourth-order valence-corrected chi connectivity index (χ4v) is 7.51. The highest BCUT2D eigenvalue weighted by atomic mass is 35.5. The maximum Gasteiger partial charge on any atom is 0.490 e. The van der Waals surface area contributed by atoms with E-state index in [2.05, 4.69) is 19.8 Å². The van der Waals surface area contributed by atoms with E-state index in [0.717, 1.165) is 87.7 Å². The highest BCUT2D eigenvalue weighted by Gasteiger charge is 2.42. The number of alkyl halides is 3. The fourth-order valence-electron chi connectivity index (χ4n) is 7.33. The number of ether oxygens (including phenoxy) is 1. The van der Waals surface area contributed by atoms with E-state index in [1.807, 2.05) is 69.5 Å². The Kier molecular flexibility index (Phi) is 14.5. The molecule has 1 aromatic heterocycles. The third-order valence-electron chi connectivity index (χ3n) is 10.1. The summed E-state index contributed by atoms with van der Waals surface area (Å²) in [5.74, 6) is -1.90. The summed E-state index contributed by atoms with van der Waals surface area (Å²) in [6.45, 7) is 18.6. The SMILES string of the molecule is Cc1ccc(N(CCCN2CC3CN(C(=O)c4c(C)ncnc4C)CC3C2)C(=O)C2CCN(CCC(=O)OC(C)(C)C)CC2)cc1Cl.O=C(O)C(F)(F)F. The average Bonchev–Trinajstić information content (AvgIpc) is 3.65. The molecule has 2 aromatic rings. The van der Waals surface area contributed by atoms with Gasteiger partial charge in [0.15, 0.2) is 0 Å². The van der Waals surface area contributed by atoms with Gasteiger partial charge in [-0.3, -0.25) is 14.4 Å². The largest absolute Gasteiger partial charge is 0.490 e. The van der Waals surface area contributed by atoms with Gasteiger partial charge in [0.05, 0.1) is 23.4 Å². The Hall–Kier alpha value is -3.82. The number of aryl methyl sites for hydroxylation is 3. The number of benzene rings is 1. The predicted octanol–water partition coefficient (Wildman–Crippen LogP) is 5.56. The number of carboxylic acids is 1. The van der Waals surface area contributed by atoms with Crippen molar-refractivity contribution in [1.82, 2.24) is 24.7 Å². The van der Waals surface area contributed by atoms with Crippen molar-refractivity contribution in [3.63, 3.8) is 0 Å². The molecule has 0 aliphatic carbocycles. The number of hydrogen-bond donors (Lipinski definition) is 1. The topological polar surface area (TPSA) is 136 Å². The number of fused-ring (bicyclic) bond motifs is 1. The molecule has 16 heteroatoms. The third kappa shape index (κ3) is 11.8. The van der Waals surface area contributed by atoms with Crippen LogP contribution in [0.1, 0.15) is 73.8 Å². The summed E-state index contributed by atoms with van der Waals surface area (Å²) >= 11 is 6.52. The van der Waals surface area contributed by atoms with Crippen LogP contribution >= 0.6 is 11.6 Å². The molecule has 4 heterocycles. The lowest BCUT2D eigenvalue weighted by Crippen LogP contribution is -2.44. The molecule has 3 fully saturated rings. The first kappa shape index (κ1) is 42.9. The van der Waals surface area contributed by atoms with Gasteiger partial charge in [-0.1, -0.05) is 17.7 Å². The number of nitrogens with zero attached hydrogens (tertiary/aromatic N) is 6. The molecule has 2 unspecified atom stereocenters. The second-order valence-electron chi connectivity index (χ2n) is 15.4. The van der Waals surface area contributed by atoms with E-state index in [1.54, 1.807) is 0 Å². The summed E-state index contributed by atoms with van der Waals surface area (Å²) < 4.78 is 37.2. The zero-order chi connectivity index (χ0) is 40.0. The molecule has 2 amide bonds. The van der Waals surface area contributed by atoms with E-state index in [-0.39, 0.29) is 23.7 Å². The van der Waals surface area contributed by atoms with Crippen LogP contribution in [0, 0.1) is 38.5 Å². The summed E-state index contributed by atoms with van der Waals surface area (Å²) in [6, 6.07) is 5.90. The number of carbonyl (C=O) groups excluding carboxylic acids is 3. The number of hydrogen-bond acceptors (Lipinski definition) is 9. The first-order chi connectivity index (χ1) is 25.2. The number of halogens is 4. The normalized spacial score (nSPS) is 19.6. The number of aliphatic carboxylic acids is 1. The molecule has 1 aromatic carbocycles. The number of esters is 1. The highest BCUT2D eigenvalue weighted by Crippen LogP contribution is 2.33. The third-order valence-corrected chi connectivity index (χ3v) is 10.5. The summed E-state index contributed by atoms with van der Waals surface area (Å²) in [7, 11) is 0. The van der Waals surface area contributed by atoms with E-state index in [1.165, 1.54) is 6.33 Å². The maximum atomic E-state index is 14.0. The van der Waals surface area contributed by atoms with E-state index < -0.39 is 17.7 Å². The Morgan fingerprint density at radius 1 is 0.926 bits per heavy atom. The number of aromatic nitrogens is 2. The minimum Gasteiger partial charge on any atom is -0.475 e. The lowest BCUT2D eigenvalue weighted by Gasteiger charge is -2.34. The van der Waals surface area contributed by atoms with Crippen molar-refractivity contribution in [3.8, 4) is 0 Å². The van der Waals surface area contributed by atoms with E-state index >= 15 is 0 Å². The van der Waals surface area contributed by atoms with Gasteiger partial charge < -0.3 is 29.4 Å². The van der Waals surface area contributed by atoms with Gasteiger partial charge in [0.2, 0.25) is 5.91 Å². The van der Waals surface area contributed by atoms with E-state index in [0.29, 0.717) is 41.9 Å². The number of amides is 2. The number of rotatable bonds is 10. The first-order valence-electron chi connectivity index (χ1n) is 18.3. The molecular formula is C38H52ClF3N6O6. The second-order valence-corrected chi connectivity index (χ2v) is 15.8. The highest BCUT2D eigenvalue weighted by molar-refractivity contribution is 6.31. The van der Waals surface area contributed by atoms with Crippen molar-refractivity contribution in [1.29, 1.82) is 0 Å². The molecule has 54 heavy (non-hydrogen) atoms. The minimum atomic E-state index is -5.08. The Morgan fingerprint density at radius 3 is 2.02 bits per heavy atom. The molecular weight excluding hydrogens is 729 g/mol. The van der Waals surface area contributed by atoms with Crippen molar-refractivity contribution in [2.75, 3.05) is 63.8 Å². The van der Waals surface area contributed by atoms with Crippen molar-refractivity contribution in [3.05, 3.63) is 52.1 Å². The molecule has 12 nitrogen and oxygen atoms in total. The van der Waals surface area contributed by atoms with Crippen LogP contribution in [0.3, 0.4) is 0 Å². The molecule has 0 saturated carbocycles. The van der Waals surface area contributed by atoms with E-state index in [9.17, 15) is 27.6 Å². The van der Waals surface area contributed by atoms with Crippen LogP contribution in [0.15, 0.2) is 24.5 Å². The number of anilines is 1. The van der Waals surface area contributed by atoms with Crippen LogP contribution in [-0.2, 0) is 19.1 Å². The molecule has 3 saturated heterocycles. The van der Waals surface area contributed by atoms with Crippen LogP contribution in [-0.4, -0.2) is 124 Å². The number of piperidine rings is 1. The van der Waals surface area contributed by atoms with E-state index in [4.69, 9.17) is 26.2 Å². The molecule has 0 radical (unpaired) electrons. The zero-order valence-electron chi connectivity index (χ0n) is 31.9.